The molecule has 1 saturated heterocycles. The van der Waals surface area contributed by atoms with Crippen molar-refractivity contribution in [3.05, 3.63) is 51.7 Å². The average Bonchev–Trinajstić information content (AvgIpc) is 3.12. The third-order valence-corrected chi connectivity index (χ3v) is 7.22. The topological polar surface area (TPSA) is 57.7 Å². The summed E-state index contributed by atoms with van der Waals surface area (Å²) < 4.78 is 52.8. The Balaban J connectivity index is 1.71. The van der Waals surface area contributed by atoms with E-state index in [4.69, 9.17) is 0 Å². The second-order valence-electron chi connectivity index (χ2n) is 5.90. The smallest absolute Gasteiger partial charge is 0.264 e. The zero-order valence-corrected chi connectivity index (χ0v) is 15.7. The maximum Gasteiger partial charge on any atom is 0.264 e. The molecule has 1 aliphatic heterocycles. The Morgan fingerprint density at radius 3 is 2.42 bits per heavy atom. The largest absolute Gasteiger partial charge is 0.335 e. The lowest BCUT2D eigenvalue weighted by atomic mass is 10.2. The number of carbonyl (C=O) groups excluding carboxylic acids is 1. The lowest BCUT2D eigenvalue weighted by Crippen LogP contribution is -2.50. The fraction of sp³-hybridized carbons (Fsp3) is 0.353. The molecule has 1 aromatic heterocycles. The number of rotatable bonds is 4. The van der Waals surface area contributed by atoms with Crippen LogP contribution in [0.4, 0.5) is 8.78 Å². The molecule has 1 aliphatic rings. The molecule has 2 aromatic rings. The number of hydrogen-bond donors (Lipinski definition) is 0. The Kier molecular flexibility index (Phi) is 5.40. The first kappa shape index (κ1) is 18.9. The number of halogens is 2. The number of hydrogen-bond acceptors (Lipinski definition) is 4. The number of benzene rings is 1. The quantitative estimate of drug-likeness (QED) is 0.793. The van der Waals surface area contributed by atoms with Crippen LogP contribution in [0.1, 0.15) is 22.2 Å². The number of nitrogens with zero attached hydrogens (tertiary/aromatic N) is 2. The van der Waals surface area contributed by atoms with Crippen LogP contribution < -0.4 is 0 Å². The van der Waals surface area contributed by atoms with Gasteiger partial charge in [-0.2, -0.15) is 4.31 Å². The molecule has 0 spiro atoms. The second kappa shape index (κ2) is 7.42. The molecule has 140 valence electrons. The van der Waals surface area contributed by atoms with Gasteiger partial charge in [-0.3, -0.25) is 4.79 Å². The predicted octanol–water partition coefficient (Wildman–Crippen LogP) is 2.74. The van der Waals surface area contributed by atoms with Crippen LogP contribution in [0.2, 0.25) is 0 Å². The van der Waals surface area contributed by atoms with Crippen molar-refractivity contribution in [3.8, 4) is 0 Å². The number of aryl methyl sites for hydroxylation is 1. The van der Waals surface area contributed by atoms with Gasteiger partial charge in [-0.1, -0.05) is 6.92 Å². The lowest BCUT2D eigenvalue weighted by Gasteiger charge is -2.34. The van der Waals surface area contributed by atoms with Crippen LogP contribution in [0.25, 0.3) is 0 Å². The van der Waals surface area contributed by atoms with Crippen molar-refractivity contribution in [2.75, 3.05) is 26.2 Å². The van der Waals surface area contributed by atoms with E-state index in [1.807, 2.05) is 18.4 Å². The molecule has 0 unspecified atom stereocenters. The summed E-state index contributed by atoms with van der Waals surface area (Å²) in [4.78, 5) is 14.6. The van der Waals surface area contributed by atoms with Crippen LogP contribution in [-0.2, 0) is 16.4 Å². The zero-order valence-electron chi connectivity index (χ0n) is 14.1. The van der Waals surface area contributed by atoms with Crippen LogP contribution >= 0.6 is 11.3 Å². The van der Waals surface area contributed by atoms with Gasteiger partial charge in [0.2, 0.25) is 10.0 Å². The van der Waals surface area contributed by atoms with Crippen LogP contribution in [0, 0.1) is 11.6 Å². The molecule has 0 saturated carbocycles. The fourth-order valence-corrected chi connectivity index (χ4v) is 5.26. The molecule has 0 aliphatic carbocycles. The fourth-order valence-electron chi connectivity index (χ4n) is 2.86. The Bertz CT molecular complexity index is 920. The molecule has 1 amide bonds. The Hall–Kier alpha value is -1.84. The highest BCUT2D eigenvalue weighted by molar-refractivity contribution is 7.89. The van der Waals surface area contributed by atoms with E-state index in [0.29, 0.717) is 10.9 Å². The number of thiophene rings is 1. The van der Waals surface area contributed by atoms with Gasteiger partial charge in [-0.15, -0.1) is 11.3 Å². The molecular weight excluding hydrogens is 382 g/mol. The highest BCUT2D eigenvalue weighted by atomic mass is 32.2. The van der Waals surface area contributed by atoms with E-state index in [1.165, 1.54) is 15.6 Å². The van der Waals surface area contributed by atoms with Gasteiger partial charge in [0, 0.05) is 26.2 Å². The minimum Gasteiger partial charge on any atom is -0.335 e. The zero-order chi connectivity index (χ0) is 18.9. The third kappa shape index (κ3) is 3.51. The van der Waals surface area contributed by atoms with E-state index in [0.717, 1.165) is 24.1 Å². The van der Waals surface area contributed by atoms with E-state index in [-0.39, 0.29) is 37.0 Å². The first-order valence-corrected chi connectivity index (χ1v) is 10.5. The van der Waals surface area contributed by atoms with Crippen molar-refractivity contribution in [2.24, 2.45) is 0 Å². The molecule has 0 N–H and O–H groups in total. The first-order chi connectivity index (χ1) is 12.3. The molecule has 0 radical (unpaired) electrons. The van der Waals surface area contributed by atoms with Crippen LogP contribution in [0.15, 0.2) is 34.5 Å². The Morgan fingerprint density at radius 1 is 1.12 bits per heavy atom. The van der Waals surface area contributed by atoms with Gasteiger partial charge < -0.3 is 4.90 Å². The van der Waals surface area contributed by atoms with Crippen LogP contribution in [0.5, 0.6) is 0 Å². The number of carbonyl (C=O) groups is 1. The van der Waals surface area contributed by atoms with Gasteiger partial charge in [-0.05, 0) is 41.6 Å². The van der Waals surface area contributed by atoms with E-state index in [9.17, 15) is 22.0 Å². The summed E-state index contributed by atoms with van der Waals surface area (Å²) in [5, 5.41) is 1.87. The highest BCUT2D eigenvalue weighted by Gasteiger charge is 2.31. The molecule has 0 atom stereocenters. The Morgan fingerprint density at radius 2 is 1.81 bits per heavy atom. The monoisotopic (exact) mass is 400 g/mol. The molecule has 1 fully saturated rings. The summed E-state index contributed by atoms with van der Waals surface area (Å²) in [6.45, 7) is 2.70. The molecule has 9 heteroatoms. The number of piperazine rings is 1. The summed E-state index contributed by atoms with van der Waals surface area (Å²) in [5.41, 5.74) is 0.983. The second-order valence-corrected chi connectivity index (χ2v) is 8.75. The van der Waals surface area contributed by atoms with Gasteiger partial charge in [0.05, 0.1) is 9.77 Å². The highest BCUT2D eigenvalue weighted by Crippen LogP contribution is 2.23. The molecule has 26 heavy (non-hydrogen) atoms. The van der Waals surface area contributed by atoms with Crippen molar-refractivity contribution in [1.82, 2.24) is 9.21 Å². The average molecular weight is 400 g/mol. The predicted molar refractivity (Wildman–Crippen MR) is 94.7 cm³/mol. The third-order valence-electron chi connectivity index (χ3n) is 4.38. The first-order valence-electron chi connectivity index (χ1n) is 8.15. The molecule has 0 bridgehead atoms. The van der Waals surface area contributed by atoms with Gasteiger partial charge in [0.25, 0.3) is 5.91 Å². The summed E-state index contributed by atoms with van der Waals surface area (Å²) in [7, 11) is -3.93. The normalized spacial score (nSPS) is 16.0. The lowest BCUT2D eigenvalue weighted by molar-refractivity contribution is 0.0702. The maximum absolute atomic E-state index is 13.4. The van der Waals surface area contributed by atoms with Crippen molar-refractivity contribution in [1.29, 1.82) is 0 Å². The van der Waals surface area contributed by atoms with Crippen LogP contribution in [-0.4, -0.2) is 49.7 Å². The molecule has 2 heterocycles. The summed E-state index contributed by atoms with van der Waals surface area (Å²) in [6, 6.07) is 4.44. The Labute approximate surface area is 154 Å². The molecule has 3 rings (SSSR count). The summed E-state index contributed by atoms with van der Waals surface area (Å²) >= 11 is 1.38. The summed E-state index contributed by atoms with van der Waals surface area (Å²) in [5.74, 6) is -2.39. The maximum atomic E-state index is 13.4. The minimum atomic E-state index is -3.93. The molecular formula is C17H18F2N2O3S2. The van der Waals surface area contributed by atoms with Crippen molar-refractivity contribution in [3.63, 3.8) is 0 Å². The van der Waals surface area contributed by atoms with Crippen molar-refractivity contribution < 1.29 is 22.0 Å². The SMILES string of the molecule is CCc1ccsc1C(=O)N1CCN(S(=O)(=O)c2ccc(F)c(F)c2)CC1. The number of sulfonamides is 1. The summed E-state index contributed by atoms with van der Waals surface area (Å²) in [6.07, 6.45) is 0.759. The van der Waals surface area contributed by atoms with Gasteiger partial charge >= 0.3 is 0 Å². The van der Waals surface area contributed by atoms with Gasteiger partial charge in [-0.25, -0.2) is 17.2 Å². The van der Waals surface area contributed by atoms with Crippen molar-refractivity contribution in [2.45, 2.75) is 18.2 Å². The standard InChI is InChI=1S/C17H18F2N2O3S2/c1-2-12-5-10-25-16(12)17(22)20-6-8-21(9-7-20)26(23,24)13-3-4-14(18)15(19)11-13/h3-5,10-11H,2,6-9H2,1H3. The van der Waals surface area contributed by atoms with E-state index in [1.54, 1.807) is 4.90 Å². The van der Waals surface area contributed by atoms with Crippen LogP contribution in [0.3, 0.4) is 0 Å². The van der Waals surface area contributed by atoms with E-state index >= 15 is 0 Å². The van der Waals surface area contributed by atoms with E-state index < -0.39 is 21.7 Å². The van der Waals surface area contributed by atoms with Gasteiger partial charge in [0.1, 0.15) is 0 Å². The van der Waals surface area contributed by atoms with E-state index in [2.05, 4.69) is 0 Å². The van der Waals surface area contributed by atoms with Gasteiger partial charge in [0.15, 0.2) is 11.6 Å². The number of amides is 1. The minimum absolute atomic E-state index is 0.0956. The van der Waals surface area contributed by atoms with Crippen molar-refractivity contribution >= 4 is 27.3 Å². The molecule has 1 aromatic carbocycles. The molecule has 5 nitrogen and oxygen atoms in total.